The van der Waals surface area contributed by atoms with Crippen molar-refractivity contribution >= 4 is 17.7 Å². The lowest BCUT2D eigenvalue weighted by molar-refractivity contribution is -0.126. The second kappa shape index (κ2) is 10.8. The van der Waals surface area contributed by atoms with E-state index >= 15 is 0 Å². The molecule has 156 valence electrons. The molecule has 1 atom stereocenters. The molecule has 1 fully saturated rings. The summed E-state index contributed by atoms with van der Waals surface area (Å²) in [6.07, 6.45) is 3.91. The Labute approximate surface area is 166 Å². The number of hydrogen-bond donors (Lipinski definition) is 3. The van der Waals surface area contributed by atoms with E-state index in [1.165, 1.54) is 6.26 Å². The van der Waals surface area contributed by atoms with E-state index in [-0.39, 0.29) is 29.5 Å². The van der Waals surface area contributed by atoms with Gasteiger partial charge in [0.25, 0.3) is 5.91 Å². The molecule has 3 N–H and O–H groups in total. The third kappa shape index (κ3) is 6.67. The van der Waals surface area contributed by atoms with Crippen molar-refractivity contribution in [1.82, 2.24) is 20.9 Å². The summed E-state index contributed by atoms with van der Waals surface area (Å²) in [7, 11) is 0. The van der Waals surface area contributed by atoms with Crippen molar-refractivity contribution in [3.05, 3.63) is 24.2 Å². The van der Waals surface area contributed by atoms with Gasteiger partial charge in [0.15, 0.2) is 5.76 Å². The van der Waals surface area contributed by atoms with Gasteiger partial charge in [0.2, 0.25) is 11.8 Å². The van der Waals surface area contributed by atoms with Crippen molar-refractivity contribution in [3.8, 4) is 0 Å². The molecule has 1 aliphatic heterocycles. The topological polar surface area (TPSA) is 104 Å². The van der Waals surface area contributed by atoms with E-state index in [1.54, 1.807) is 12.1 Å². The van der Waals surface area contributed by atoms with Gasteiger partial charge in [0, 0.05) is 25.7 Å². The Morgan fingerprint density at radius 2 is 1.96 bits per heavy atom. The lowest BCUT2D eigenvalue weighted by Crippen LogP contribution is -2.54. The zero-order valence-corrected chi connectivity index (χ0v) is 17.0. The first-order chi connectivity index (χ1) is 13.4. The number of nitrogens with one attached hydrogen (secondary N) is 3. The molecular formula is C20H32N4O4. The molecule has 0 radical (unpaired) electrons. The molecule has 0 bridgehead atoms. The number of likely N-dealkylation sites (tertiary alicyclic amines) is 1. The van der Waals surface area contributed by atoms with Crippen LogP contribution in [-0.4, -0.2) is 60.9 Å². The van der Waals surface area contributed by atoms with Crippen LogP contribution < -0.4 is 16.0 Å². The van der Waals surface area contributed by atoms with Crippen LogP contribution in [0.2, 0.25) is 0 Å². The first-order valence-electron chi connectivity index (χ1n) is 10.0. The van der Waals surface area contributed by atoms with Gasteiger partial charge in [-0.15, -0.1) is 0 Å². The Morgan fingerprint density at radius 3 is 2.54 bits per heavy atom. The van der Waals surface area contributed by atoms with Gasteiger partial charge in [-0.3, -0.25) is 19.3 Å². The normalized spacial score (nSPS) is 16.6. The molecule has 1 aromatic rings. The predicted octanol–water partition coefficient (Wildman–Crippen LogP) is 1.14. The van der Waals surface area contributed by atoms with Crippen LogP contribution in [-0.2, 0) is 9.59 Å². The fourth-order valence-corrected chi connectivity index (χ4v) is 3.20. The molecule has 2 rings (SSSR count). The molecule has 0 aromatic carbocycles. The first-order valence-corrected chi connectivity index (χ1v) is 10.0. The first kappa shape index (κ1) is 21.9. The van der Waals surface area contributed by atoms with Crippen molar-refractivity contribution in [2.45, 2.75) is 52.1 Å². The smallest absolute Gasteiger partial charge is 0.287 e. The largest absolute Gasteiger partial charge is 0.459 e. The van der Waals surface area contributed by atoms with Gasteiger partial charge in [-0.1, -0.05) is 20.8 Å². The lowest BCUT2D eigenvalue weighted by Gasteiger charge is -2.33. The van der Waals surface area contributed by atoms with Crippen LogP contribution in [0, 0.1) is 5.92 Å². The summed E-state index contributed by atoms with van der Waals surface area (Å²) in [6.45, 7) is 8.43. The monoisotopic (exact) mass is 392 g/mol. The molecule has 1 saturated heterocycles. The number of carbonyl (C=O) groups is 3. The summed E-state index contributed by atoms with van der Waals surface area (Å²) in [4.78, 5) is 38.8. The van der Waals surface area contributed by atoms with E-state index in [0.717, 1.165) is 32.4 Å². The van der Waals surface area contributed by atoms with Crippen LogP contribution in [0.3, 0.4) is 0 Å². The second-order valence-electron chi connectivity index (χ2n) is 7.58. The Hall–Kier alpha value is -2.35. The van der Waals surface area contributed by atoms with E-state index < -0.39 is 11.9 Å². The molecule has 8 nitrogen and oxygen atoms in total. The molecule has 0 saturated carbocycles. The van der Waals surface area contributed by atoms with E-state index in [0.29, 0.717) is 13.1 Å². The fourth-order valence-electron chi connectivity index (χ4n) is 3.20. The molecular weight excluding hydrogens is 360 g/mol. The maximum absolute atomic E-state index is 12.7. The zero-order chi connectivity index (χ0) is 20.5. The Kier molecular flexibility index (Phi) is 8.50. The van der Waals surface area contributed by atoms with E-state index in [9.17, 15) is 14.4 Å². The van der Waals surface area contributed by atoms with Gasteiger partial charge < -0.3 is 20.4 Å². The molecule has 3 amide bonds. The van der Waals surface area contributed by atoms with Crippen molar-refractivity contribution in [1.29, 1.82) is 0 Å². The van der Waals surface area contributed by atoms with Gasteiger partial charge in [-0.05, 0) is 37.3 Å². The number of hydrogen-bond acceptors (Lipinski definition) is 5. The maximum Gasteiger partial charge on any atom is 0.287 e. The van der Waals surface area contributed by atoms with Crippen LogP contribution >= 0.6 is 0 Å². The highest BCUT2D eigenvalue weighted by atomic mass is 16.3. The number of carbonyl (C=O) groups excluding carboxylic acids is 3. The molecule has 1 aromatic heterocycles. The predicted molar refractivity (Wildman–Crippen MR) is 106 cm³/mol. The summed E-state index contributed by atoms with van der Waals surface area (Å²) in [5, 5.41) is 8.68. The number of nitrogens with zero attached hydrogens (tertiary/aromatic N) is 1. The van der Waals surface area contributed by atoms with Crippen LogP contribution in [0.15, 0.2) is 22.8 Å². The van der Waals surface area contributed by atoms with Gasteiger partial charge in [0.1, 0.15) is 6.04 Å². The number of piperidine rings is 1. The Bertz CT molecular complexity index is 637. The summed E-state index contributed by atoms with van der Waals surface area (Å²) in [6, 6.07) is 2.62. The van der Waals surface area contributed by atoms with Crippen LogP contribution in [0.5, 0.6) is 0 Å². The average molecular weight is 393 g/mol. The highest BCUT2D eigenvalue weighted by Crippen LogP contribution is 2.12. The average Bonchev–Trinajstić information content (AvgIpc) is 3.20. The summed E-state index contributed by atoms with van der Waals surface area (Å²) in [5.74, 6) is -0.403. The molecule has 2 heterocycles. The minimum atomic E-state index is -0.629. The third-order valence-electron chi connectivity index (χ3n) is 4.85. The van der Waals surface area contributed by atoms with E-state index in [4.69, 9.17) is 4.42 Å². The van der Waals surface area contributed by atoms with E-state index in [2.05, 4.69) is 20.9 Å². The third-order valence-corrected chi connectivity index (χ3v) is 4.85. The number of amides is 3. The second-order valence-corrected chi connectivity index (χ2v) is 7.58. The van der Waals surface area contributed by atoms with Gasteiger partial charge >= 0.3 is 0 Å². The minimum Gasteiger partial charge on any atom is -0.459 e. The van der Waals surface area contributed by atoms with E-state index in [1.807, 2.05) is 20.8 Å². The number of furan rings is 1. The van der Waals surface area contributed by atoms with Crippen molar-refractivity contribution in [2.24, 2.45) is 5.92 Å². The standard InChI is InChI=1S/C20H32N4O4/c1-4-9-21-17(25)13-24-10-7-15(8-11-24)22-20(27)18(14(2)3)23-19(26)16-6-5-12-28-16/h5-6,12,14-15,18H,4,7-11,13H2,1-3H3,(H,21,25)(H,22,27)(H,23,26). The SMILES string of the molecule is CCCNC(=O)CN1CCC(NC(=O)C(NC(=O)c2ccco2)C(C)C)CC1. The minimum absolute atomic E-state index is 0.0456. The van der Waals surface area contributed by atoms with Gasteiger partial charge in [0.05, 0.1) is 12.8 Å². The molecule has 1 unspecified atom stereocenters. The highest BCUT2D eigenvalue weighted by Gasteiger charge is 2.29. The summed E-state index contributed by atoms with van der Waals surface area (Å²) >= 11 is 0. The summed E-state index contributed by atoms with van der Waals surface area (Å²) < 4.78 is 5.09. The van der Waals surface area contributed by atoms with Crippen molar-refractivity contribution < 1.29 is 18.8 Å². The van der Waals surface area contributed by atoms with Gasteiger partial charge in [-0.2, -0.15) is 0 Å². The highest BCUT2D eigenvalue weighted by molar-refractivity contribution is 5.95. The molecule has 28 heavy (non-hydrogen) atoms. The van der Waals surface area contributed by atoms with Gasteiger partial charge in [-0.25, -0.2) is 0 Å². The molecule has 0 spiro atoms. The van der Waals surface area contributed by atoms with Crippen molar-refractivity contribution in [2.75, 3.05) is 26.2 Å². The Morgan fingerprint density at radius 1 is 1.25 bits per heavy atom. The summed E-state index contributed by atoms with van der Waals surface area (Å²) in [5.41, 5.74) is 0. The van der Waals surface area contributed by atoms with Crippen LogP contribution in [0.1, 0.15) is 50.6 Å². The van der Waals surface area contributed by atoms with Crippen LogP contribution in [0.25, 0.3) is 0 Å². The fraction of sp³-hybridized carbons (Fsp3) is 0.650. The molecule has 0 aliphatic carbocycles. The maximum atomic E-state index is 12.7. The molecule has 1 aliphatic rings. The quantitative estimate of drug-likeness (QED) is 0.585. The van der Waals surface area contributed by atoms with Crippen molar-refractivity contribution in [3.63, 3.8) is 0 Å². The molecule has 8 heteroatoms. The van der Waals surface area contributed by atoms with Crippen LogP contribution in [0.4, 0.5) is 0 Å². The number of rotatable bonds is 9. The Balaban J connectivity index is 1.79. The zero-order valence-electron chi connectivity index (χ0n) is 17.0. The lowest BCUT2D eigenvalue weighted by atomic mass is 10.0.